The minimum Gasteiger partial charge on any atom is -0.513 e. The Morgan fingerprint density at radius 1 is 0.857 bits per heavy atom. The van der Waals surface area contributed by atoms with Gasteiger partial charge >= 0.3 is 5.97 Å². The van der Waals surface area contributed by atoms with Crippen molar-refractivity contribution < 1.29 is 19.4 Å². The number of aliphatic hydroxyl groups is 1. The normalized spacial score (nSPS) is 36.9. The first-order chi connectivity index (χ1) is 26.1. The van der Waals surface area contributed by atoms with Crippen molar-refractivity contribution in [3.05, 3.63) is 54.3 Å². The van der Waals surface area contributed by atoms with Crippen LogP contribution < -0.4 is 10.2 Å². The number of aliphatic hydroxyl groups excluding tert-OH is 1. The Hall–Kier alpha value is -2.76. The number of esters is 1. The molecule has 0 spiro atoms. The van der Waals surface area contributed by atoms with Crippen LogP contribution in [0.1, 0.15) is 158 Å². The minimum atomic E-state index is -0.389. The number of anilines is 1. The summed E-state index contributed by atoms with van der Waals surface area (Å²) in [6.07, 6.45) is 12.7. The van der Waals surface area contributed by atoms with E-state index in [9.17, 15) is 14.7 Å². The molecule has 2 N–H and O–H groups in total. The Kier molecular flexibility index (Phi) is 12.8. The molecule has 0 bridgehead atoms. The predicted octanol–water partition coefficient (Wildman–Crippen LogP) is 12.2. The summed E-state index contributed by atoms with van der Waals surface area (Å²) in [5, 5.41) is 13.1. The number of nitrogens with zero attached hydrogens (tertiary/aromatic N) is 1. The highest BCUT2D eigenvalue weighted by atomic mass is 16.5. The number of rotatable bonds is 11. The lowest BCUT2D eigenvalue weighted by atomic mass is 9.32. The molecular formula is C50H80N2O4. The van der Waals surface area contributed by atoms with Gasteiger partial charge in [0.1, 0.15) is 6.10 Å². The molecular weight excluding hydrogens is 693 g/mol. The maximum atomic E-state index is 13.9. The number of hydrogen-bond donors (Lipinski definition) is 2. The van der Waals surface area contributed by atoms with E-state index < -0.39 is 0 Å². The van der Waals surface area contributed by atoms with Crippen LogP contribution in [0, 0.1) is 62.1 Å². The van der Waals surface area contributed by atoms with Crippen molar-refractivity contribution in [1.29, 1.82) is 0 Å². The summed E-state index contributed by atoms with van der Waals surface area (Å²) in [7, 11) is 4.10. The number of carbonyl (C=O) groups is 2. The third-order valence-corrected chi connectivity index (χ3v) is 17.2. The van der Waals surface area contributed by atoms with E-state index in [-0.39, 0.29) is 62.7 Å². The van der Waals surface area contributed by atoms with E-state index in [1.807, 2.05) is 27.7 Å². The molecule has 5 saturated carbocycles. The highest BCUT2D eigenvalue weighted by Crippen LogP contribution is 2.78. The fraction of sp³-hybridized carbons (Fsp3) is 0.760. The largest absolute Gasteiger partial charge is 0.513 e. The van der Waals surface area contributed by atoms with Crippen LogP contribution in [0.5, 0.6) is 0 Å². The van der Waals surface area contributed by atoms with Gasteiger partial charge in [-0.25, -0.2) is 0 Å². The molecule has 1 aromatic rings. The molecule has 6 heteroatoms. The Morgan fingerprint density at radius 3 is 2.12 bits per heavy atom. The topological polar surface area (TPSA) is 78.9 Å². The molecule has 314 valence electrons. The molecule has 6 rings (SSSR count). The summed E-state index contributed by atoms with van der Waals surface area (Å²) in [6.45, 7) is 31.8. The van der Waals surface area contributed by atoms with E-state index in [1.54, 1.807) is 0 Å². The van der Waals surface area contributed by atoms with Gasteiger partial charge in [0.15, 0.2) is 0 Å². The monoisotopic (exact) mass is 773 g/mol. The van der Waals surface area contributed by atoms with Crippen LogP contribution in [0.3, 0.4) is 0 Å². The molecule has 0 radical (unpaired) electrons. The molecule has 56 heavy (non-hydrogen) atoms. The van der Waals surface area contributed by atoms with E-state index >= 15 is 0 Å². The fourth-order valence-electron chi connectivity index (χ4n) is 14.5. The predicted molar refractivity (Wildman–Crippen MR) is 232 cm³/mol. The Labute approximate surface area is 342 Å². The minimum absolute atomic E-state index is 0.0415. The zero-order valence-corrected chi connectivity index (χ0v) is 37.7. The van der Waals surface area contributed by atoms with E-state index in [0.29, 0.717) is 49.0 Å². The number of carbonyl (C=O) groups excluding carboxylic acids is 2. The van der Waals surface area contributed by atoms with Gasteiger partial charge in [-0.2, -0.15) is 0 Å². The van der Waals surface area contributed by atoms with Crippen molar-refractivity contribution in [3.63, 3.8) is 0 Å². The summed E-state index contributed by atoms with van der Waals surface area (Å²) >= 11 is 0. The summed E-state index contributed by atoms with van der Waals surface area (Å²) < 4.78 is 6.37. The van der Waals surface area contributed by atoms with Crippen LogP contribution in [-0.4, -0.2) is 37.2 Å². The Bertz CT molecular complexity index is 1610. The van der Waals surface area contributed by atoms with E-state index in [1.165, 1.54) is 43.4 Å². The van der Waals surface area contributed by atoms with Crippen molar-refractivity contribution in [3.8, 4) is 0 Å². The van der Waals surface area contributed by atoms with Crippen LogP contribution in [0.4, 0.5) is 5.69 Å². The summed E-state index contributed by atoms with van der Waals surface area (Å²) in [5.74, 6) is 2.85. The lowest BCUT2D eigenvalue weighted by Gasteiger charge is -2.73. The average Bonchev–Trinajstić information content (AvgIpc) is 3.48. The van der Waals surface area contributed by atoms with Crippen molar-refractivity contribution >= 4 is 17.6 Å². The second-order valence-electron chi connectivity index (χ2n) is 21.5. The lowest BCUT2D eigenvalue weighted by molar-refractivity contribution is -0.250. The molecule has 0 aliphatic heterocycles. The second kappa shape index (κ2) is 16.1. The van der Waals surface area contributed by atoms with Crippen LogP contribution in [0.15, 0.2) is 48.8 Å². The highest BCUT2D eigenvalue weighted by Gasteiger charge is 2.71. The van der Waals surface area contributed by atoms with Crippen molar-refractivity contribution in [1.82, 2.24) is 5.32 Å². The number of benzene rings is 1. The first-order valence-electron chi connectivity index (χ1n) is 22.3. The lowest BCUT2D eigenvalue weighted by Crippen LogP contribution is -2.67. The van der Waals surface area contributed by atoms with Gasteiger partial charge in [-0.15, -0.1) is 0 Å². The van der Waals surface area contributed by atoms with Crippen molar-refractivity contribution in [2.45, 2.75) is 165 Å². The molecule has 6 nitrogen and oxygen atoms in total. The molecule has 10 atom stereocenters. The van der Waals surface area contributed by atoms with Crippen LogP contribution >= 0.6 is 0 Å². The fourth-order valence-corrected chi connectivity index (χ4v) is 14.5. The number of hydrogen-bond acceptors (Lipinski definition) is 5. The molecule has 0 saturated heterocycles. The molecule has 5 fully saturated rings. The number of ether oxygens (including phenoxy) is 1. The van der Waals surface area contributed by atoms with Crippen LogP contribution in [0.2, 0.25) is 0 Å². The van der Waals surface area contributed by atoms with Crippen molar-refractivity contribution in [2.75, 3.05) is 19.0 Å². The first kappa shape index (κ1) is 44.3. The zero-order valence-electron chi connectivity index (χ0n) is 37.7. The maximum Gasteiger partial charge on any atom is 0.306 e. The van der Waals surface area contributed by atoms with Gasteiger partial charge < -0.3 is 20.1 Å². The van der Waals surface area contributed by atoms with Gasteiger partial charge in [-0.1, -0.05) is 93.2 Å². The average molecular weight is 773 g/mol. The maximum absolute atomic E-state index is 13.9. The van der Waals surface area contributed by atoms with Gasteiger partial charge in [0.2, 0.25) is 5.91 Å². The van der Waals surface area contributed by atoms with Crippen molar-refractivity contribution in [2.24, 2.45) is 62.1 Å². The molecule has 5 aliphatic carbocycles. The van der Waals surface area contributed by atoms with Gasteiger partial charge in [-0.05, 0) is 145 Å². The first-order valence-corrected chi connectivity index (χ1v) is 22.3. The summed E-state index contributed by atoms with van der Waals surface area (Å²) in [6, 6.07) is 8.51. The molecule has 4 unspecified atom stereocenters. The smallest absolute Gasteiger partial charge is 0.306 e. The zero-order chi connectivity index (χ0) is 41.6. The molecule has 0 aromatic heterocycles. The van der Waals surface area contributed by atoms with Gasteiger partial charge in [0, 0.05) is 44.6 Å². The molecule has 0 heterocycles. The standard InChI is InChI=1S/C48H74N2O4.C2H6/c1-31(2)35-19-24-48(28-40(52)49-30-33-13-15-34(16-14-33)50(11)12)26-25-46(9)36(42(35)48)17-18-38-45(8)22-21-39(44(6,7)37(45)20-23-47(38,46)10)54-41(53)29-43(4,5)27-32(3)51;1-2/h13-16,35-39,42,51H,1,3,17-30H2,2,4-12H3,(H,49,52);1-2H3/t35-,36+,37?,38?,39?,42?,45-,46+,47+,48+;/m0./s1. The van der Waals surface area contributed by atoms with E-state index in [0.717, 1.165) is 37.7 Å². The second-order valence-corrected chi connectivity index (χ2v) is 21.5. The number of nitrogens with one attached hydrogen (secondary N) is 1. The van der Waals surface area contributed by atoms with Gasteiger partial charge in [0.05, 0.1) is 12.2 Å². The Balaban J connectivity index is 0.00000295. The van der Waals surface area contributed by atoms with E-state index in [2.05, 4.69) is 103 Å². The Morgan fingerprint density at radius 2 is 1.52 bits per heavy atom. The summed E-state index contributed by atoms with van der Waals surface area (Å²) in [5.41, 5.74) is 3.76. The summed E-state index contributed by atoms with van der Waals surface area (Å²) in [4.78, 5) is 29.3. The molecule has 1 amide bonds. The third-order valence-electron chi connectivity index (χ3n) is 17.2. The number of allylic oxidation sites excluding steroid dienone is 2. The van der Waals surface area contributed by atoms with Crippen LogP contribution in [-0.2, 0) is 20.9 Å². The third kappa shape index (κ3) is 7.86. The van der Waals surface area contributed by atoms with E-state index in [4.69, 9.17) is 4.74 Å². The molecule has 5 aliphatic rings. The van der Waals surface area contributed by atoms with Gasteiger partial charge in [0.25, 0.3) is 0 Å². The number of amides is 1. The highest BCUT2D eigenvalue weighted by molar-refractivity contribution is 5.77. The van der Waals surface area contributed by atoms with Crippen LogP contribution in [0.25, 0.3) is 0 Å². The SMILES string of the molecule is C=C(O)CC(C)(C)CC(=O)OC1CC[C@@]2(C)C(CC[C@]3(C)C2CC[C@@H]2C4[C@H](C(=C)C)CC[C@]4(CC(=O)NCc4ccc(N(C)C)cc4)CC[C@]23C)C1(C)C.CC. The molecule has 1 aromatic carbocycles. The number of fused-ring (bicyclic) bond motifs is 7. The quantitative estimate of drug-likeness (QED) is 0.133. The van der Waals surface area contributed by atoms with Gasteiger partial charge in [-0.3, -0.25) is 9.59 Å².